The second-order valence-electron chi connectivity index (χ2n) is 3.26. The van der Waals surface area contributed by atoms with E-state index in [1.54, 1.807) is 30.5 Å². The van der Waals surface area contributed by atoms with Gasteiger partial charge in [0.2, 0.25) is 0 Å². The number of hydrogen-bond donors (Lipinski definition) is 0. The van der Waals surface area contributed by atoms with Crippen molar-refractivity contribution in [3.63, 3.8) is 0 Å². The van der Waals surface area contributed by atoms with E-state index in [1.165, 1.54) is 0 Å². The van der Waals surface area contributed by atoms with Crippen molar-refractivity contribution in [1.82, 2.24) is 10.7 Å². The molecule has 0 aliphatic heterocycles. The van der Waals surface area contributed by atoms with Crippen LogP contribution in [0.2, 0.25) is 0 Å². The van der Waals surface area contributed by atoms with Gasteiger partial charge in [-0.15, -0.1) is 0 Å². The van der Waals surface area contributed by atoms with E-state index < -0.39 is 0 Å². The van der Waals surface area contributed by atoms with Gasteiger partial charge in [-0.25, -0.2) is 0 Å². The van der Waals surface area contributed by atoms with Crippen LogP contribution in [0.1, 0.15) is 5.69 Å². The van der Waals surface area contributed by atoms with Gasteiger partial charge in [-0.2, -0.15) is 0 Å². The van der Waals surface area contributed by atoms with Crippen molar-refractivity contribution in [3.05, 3.63) is 48.3 Å². The summed E-state index contributed by atoms with van der Waals surface area (Å²) in [7, 11) is 0. The maximum Gasteiger partial charge on any atom is 0.145 e. The van der Waals surface area contributed by atoms with Gasteiger partial charge in [0.15, 0.2) is 0 Å². The van der Waals surface area contributed by atoms with Crippen molar-refractivity contribution in [1.29, 1.82) is 0 Å². The smallest absolute Gasteiger partial charge is 0.145 e. The molecular formula is C12H11N2O. The molecule has 0 atom stereocenters. The second kappa shape index (κ2) is 4.00. The molecule has 0 saturated heterocycles. The summed E-state index contributed by atoms with van der Waals surface area (Å²) in [6, 6.07) is 10.7. The highest BCUT2D eigenvalue weighted by Crippen LogP contribution is 2.21. The number of nitrogens with one attached hydrogen (secondary N) is 1. The monoisotopic (exact) mass is 199 g/mol. The Morgan fingerprint density at radius 3 is 2.27 bits per heavy atom. The van der Waals surface area contributed by atoms with Crippen LogP contribution in [0.25, 0.3) is 0 Å². The van der Waals surface area contributed by atoms with Gasteiger partial charge in [-0.3, -0.25) is 4.98 Å². The van der Waals surface area contributed by atoms with Crippen LogP contribution in [-0.2, 0) is 0 Å². The second-order valence-corrected chi connectivity index (χ2v) is 3.26. The lowest BCUT2D eigenvalue weighted by molar-refractivity contribution is 0.480. The van der Waals surface area contributed by atoms with Gasteiger partial charge in [-0.1, -0.05) is 0 Å². The van der Waals surface area contributed by atoms with Crippen LogP contribution in [0.5, 0.6) is 11.5 Å². The molecule has 1 heterocycles. The Hall–Kier alpha value is -2.03. The lowest BCUT2D eigenvalue weighted by Crippen LogP contribution is -1.86. The van der Waals surface area contributed by atoms with E-state index in [4.69, 9.17) is 10.5 Å². The molecule has 0 fully saturated rings. The maximum absolute atomic E-state index is 7.33. The van der Waals surface area contributed by atoms with Crippen LogP contribution < -0.4 is 10.5 Å². The van der Waals surface area contributed by atoms with Crippen molar-refractivity contribution in [2.24, 2.45) is 0 Å². The third kappa shape index (κ3) is 2.47. The number of aromatic nitrogens is 1. The lowest BCUT2D eigenvalue weighted by atomic mass is 10.3. The first kappa shape index (κ1) is 9.52. The highest BCUT2D eigenvalue weighted by Gasteiger charge is 1.96. The fourth-order valence-electron chi connectivity index (χ4n) is 1.17. The minimum atomic E-state index is 0.476. The standard InChI is InChI=1S/C12H11N2O/c1-9-2-5-12(8-14-9)15-11-6-3-10(13)4-7-11/h2-8,13H,1H3. The summed E-state index contributed by atoms with van der Waals surface area (Å²) in [6.45, 7) is 1.93. The summed E-state index contributed by atoms with van der Waals surface area (Å²) < 4.78 is 5.54. The number of nitrogens with zero attached hydrogens (tertiary/aromatic N) is 1. The highest BCUT2D eigenvalue weighted by molar-refractivity contribution is 5.40. The van der Waals surface area contributed by atoms with Crippen molar-refractivity contribution in [3.8, 4) is 11.5 Å². The zero-order valence-corrected chi connectivity index (χ0v) is 8.40. The molecular weight excluding hydrogens is 188 g/mol. The van der Waals surface area contributed by atoms with Crippen molar-refractivity contribution >= 4 is 5.69 Å². The van der Waals surface area contributed by atoms with E-state index in [1.807, 2.05) is 19.1 Å². The Bertz CT molecular complexity index is 391. The van der Waals surface area contributed by atoms with Gasteiger partial charge in [0.05, 0.1) is 11.9 Å². The molecule has 0 amide bonds. The van der Waals surface area contributed by atoms with Crippen LogP contribution in [0.3, 0.4) is 0 Å². The normalized spacial score (nSPS) is 9.93. The number of benzene rings is 1. The number of hydrogen-bond acceptors (Lipinski definition) is 2. The van der Waals surface area contributed by atoms with Crippen molar-refractivity contribution in [2.45, 2.75) is 6.92 Å². The summed E-state index contributed by atoms with van der Waals surface area (Å²) in [5, 5.41) is 0. The van der Waals surface area contributed by atoms with E-state index in [0.29, 0.717) is 11.4 Å². The maximum atomic E-state index is 7.33. The quantitative estimate of drug-likeness (QED) is 0.746. The number of ether oxygens (including phenoxy) is 1. The fraction of sp³-hybridized carbons (Fsp3) is 0.0833. The Morgan fingerprint density at radius 1 is 1.00 bits per heavy atom. The van der Waals surface area contributed by atoms with Crippen LogP contribution in [0, 0.1) is 6.92 Å². The van der Waals surface area contributed by atoms with Crippen LogP contribution in [0.15, 0.2) is 42.6 Å². The van der Waals surface area contributed by atoms with Crippen molar-refractivity contribution in [2.75, 3.05) is 0 Å². The minimum absolute atomic E-state index is 0.476. The molecule has 0 bridgehead atoms. The van der Waals surface area contributed by atoms with E-state index in [-0.39, 0.29) is 0 Å². The molecule has 0 saturated carbocycles. The zero-order valence-electron chi connectivity index (χ0n) is 8.40. The molecule has 2 rings (SSSR count). The third-order valence-electron chi connectivity index (χ3n) is 1.97. The lowest BCUT2D eigenvalue weighted by Gasteiger charge is -2.04. The first-order chi connectivity index (χ1) is 7.24. The largest absolute Gasteiger partial charge is 0.456 e. The Morgan fingerprint density at radius 2 is 1.67 bits per heavy atom. The van der Waals surface area contributed by atoms with E-state index in [9.17, 15) is 0 Å². The molecule has 15 heavy (non-hydrogen) atoms. The molecule has 1 aromatic heterocycles. The number of rotatable bonds is 2. The molecule has 75 valence electrons. The molecule has 3 nitrogen and oxygen atoms in total. The van der Waals surface area contributed by atoms with E-state index in [0.717, 1.165) is 11.4 Å². The fourth-order valence-corrected chi connectivity index (χ4v) is 1.17. The summed E-state index contributed by atoms with van der Waals surface area (Å²) in [5.41, 5.74) is 8.77. The van der Waals surface area contributed by atoms with Gasteiger partial charge in [0, 0.05) is 5.69 Å². The number of pyridine rings is 1. The summed E-state index contributed by atoms with van der Waals surface area (Å²) in [5.74, 6) is 1.43. The van der Waals surface area contributed by atoms with Gasteiger partial charge >= 0.3 is 0 Å². The Kier molecular flexibility index (Phi) is 2.54. The predicted octanol–water partition coefficient (Wildman–Crippen LogP) is 3.10. The Balaban J connectivity index is 2.15. The first-order valence-corrected chi connectivity index (χ1v) is 4.66. The van der Waals surface area contributed by atoms with Gasteiger partial charge in [-0.05, 0) is 43.3 Å². The van der Waals surface area contributed by atoms with Crippen LogP contribution in [0.4, 0.5) is 5.69 Å². The molecule has 2 aromatic rings. The number of aryl methyl sites for hydroxylation is 1. The average Bonchev–Trinajstić information content (AvgIpc) is 2.25. The predicted molar refractivity (Wildman–Crippen MR) is 58.2 cm³/mol. The highest BCUT2D eigenvalue weighted by atomic mass is 16.5. The van der Waals surface area contributed by atoms with Crippen molar-refractivity contribution < 1.29 is 4.74 Å². The first-order valence-electron chi connectivity index (χ1n) is 4.66. The van der Waals surface area contributed by atoms with E-state index >= 15 is 0 Å². The molecule has 0 aliphatic rings. The third-order valence-corrected chi connectivity index (χ3v) is 1.97. The molecule has 1 N–H and O–H groups in total. The summed E-state index contributed by atoms with van der Waals surface area (Å²) >= 11 is 0. The molecule has 1 aromatic carbocycles. The summed E-state index contributed by atoms with van der Waals surface area (Å²) in [4.78, 5) is 4.13. The minimum Gasteiger partial charge on any atom is -0.456 e. The van der Waals surface area contributed by atoms with Gasteiger partial charge in [0.25, 0.3) is 0 Å². The summed E-state index contributed by atoms with van der Waals surface area (Å²) in [6.07, 6.45) is 1.68. The SMILES string of the molecule is Cc1ccc(Oc2ccc([NH])cc2)cn1. The zero-order chi connectivity index (χ0) is 10.7. The molecule has 0 spiro atoms. The van der Waals surface area contributed by atoms with Gasteiger partial charge in [0.1, 0.15) is 11.5 Å². The molecule has 0 aliphatic carbocycles. The average molecular weight is 199 g/mol. The molecule has 0 unspecified atom stereocenters. The Labute approximate surface area is 88.5 Å². The van der Waals surface area contributed by atoms with Gasteiger partial charge < -0.3 is 10.5 Å². The molecule has 3 heteroatoms. The van der Waals surface area contributed by atoms with Crippen LogP contribution in [-0.4, -0.2) is 4.98 Å². The van der Waals surface area contributed by atoms with Crippen LogP contribution >= 0.6 is 0 Å². The van der Waals surface area contributed by atoms with E-state index in [2.05, 4.69) is 4.98 Å². The topological polar surface area (TPSA) is 45.9 Å². The molecule has 1 radical (unpaired) electrons.